The van der Waals surface area contributed by atoms with Crippen molar-refractivity contribution in [3.05, 3.63) is 54.4 Å². The van der Waals surface area contributed by atoms with E-state index in [1.54, 1.807) is 12.4 Å². The van der Waals surface area contributed by atoms with E-state index in [4.69, 9.17) is 0 Å². The Morgan fingerprint density at radius 1 is 0.968 bits per heavy atom. The third-order valence-corrected chi connectivity index (χ3v) is 6.07. The van der Waals surface area contributed by atoms with Gasteiger partial charge in [-0.3, -0.25) is 14.6 Å². The molecule has 166 valence electrons. The standard InChI is InChI=1S/C26H35N3O2/c1-19(2)17-24(30)29-15-11-26(12-16-29,25(31)28-20(3)4)18-21-5-7-22(8-6-21)23-9-13-27-14-10-23/h5-10,13-14,19-20H,11-12,15-18H2,1-4H3,(H,28,31). The summed E-state index contributed by atoms with van der Waals surface area (Å²) >= 11 is 0. The van der Waals surface area contributed by atoms with Gasteiger partial charge in [-0.15, -0.1) is 0 Å². The fourth-order valence-corrected chi connectivity index (χ4v) is 4.31. The third-order valence-electron chi connectivity index (χ3n) is 6.07. The highest BCUT2D eigenvalue weighted by atomic mass is 16.2. The van der Waals surface area contributed by atoms with Crippen molar-refractivity contribution < 1.29 is 9.59 Å². The molecule has 0 unspecified atom stereocenters. The number of aromatic nitrogens is 1. The average molecular weight is 422 g/mol. The van der Waals surface area contributed by atoms with Crippen LogP contribution in [0.4, 0.5) is 0 Å². The van der Waals surface area contributed by atoms with Crippen LogP contribution in [0, 0.1) is 11.3 Å². The van der Waals surface area contributed by atoms with Gasteiger partial charge in [0.15, 0.2) is 0 Å². The van der Waals surface area contributed by atoms with Crippen molar-refractivity contribution in [3.8, 4) is 11.1 Å². The predicted molar refractivity (Wildman–Crippen MR) is 124 cm³/mol. The first kappa shape index (κ1) is 23.0. The number of piperidine rings is 1. The van der Waals surface area contributed by atoms with Crippen molar-refractivity contribution in [3.63, 3.8) is 0 Å². The van der Waals surface area contributed by atoms with Crippen LogP contribution in [-0.4, -0.2) is 40.8 Å². The maximum absolute atomic E-state index is 13.3. The number of benzene rings is 1. The van der Waals surface area contributed by atoms with Gasteiger partial charge in [-0.1, -0.05) is 38.1 Å². The first-order chi connectivity index (χ1) is 14.8. The molecule has 0 atom stereocenters. The highest BCUT2D eigenvalue weighted by Gasteiger charge is 2.42. The van der Waals surface area contributed by atoms with E-state index in [1.807, 2.05) is 30.9 Å². The molecule has 2 aromatic rings. The topological polar surface area (TPSA) is 62.3 Å². The van der Waals surface area contributed by atoms with Gasteiger partial charge in [-0.05, 0) is 67.9 Å². The number of carbonyl (C=O) groups excluding carboxylic acids is 2. The Balaban J connectivity index is 1.76. The summed E-state index contributed by atoms with van der Waals surface area (Å²) in [6.07, 6.45) is 6.24. The number of pyridine rings is 1. The molecule has 1 aromatic carbocycles. The van der Waals surface area contributed by atoms with Crippen LogP contribution in [0.3, 0.4) is 0 Å². The lowest BCUT2D eigenvalue weighted by atomic mass is 9.72. The molecule has 0 saturated carbocycles. The van der Waals surface area contributed by atoms with Crippen molar-refractivity contribution >= 4 is 11.8 Å². The molecular formula is C26H35N3O2. The molecule has 2 heterocycles. The Hall–Kier alpha value is -2.69. The fourth-order valence-electron chi connectivity index (χ4n) is 4.31. The zero-order valence-corrected chi connectivity index (χ0v) is 19.2. The molecule has 0 bridgehead atoms. The van der Waals surface area contributed by atoms with Crippen molar-refractivity contribution in [2.24, 2.45) is 11.3 Å². The maximum atomic E-state index is 13.3. The summed E-state index contributed by atoms with van der Waals surface area (Å²) in [4.78, 5) is 31.8. The third kappa shape index (κ3) is 5.93. The minimum Gasteiger partial charge on any atom is -0.353 e. The van der Waals surface area contributed by atoms with E-state index in [-0.39, 0.29) is 17.9 Å². The molecular weight excluding hydrogens is 386 g/mol. The lowest BCUT2D eigenvalue weighted by molar-refractivity contribution is -0.141. The molecule has 1 N–H and O–H groups in total. The van der Waals surface area contributed by atoms with Crippen molar-refractivity contribution in [1.82, 2.24) is 15.2 Å². The van der Waals surface area contributed by atoms with Gasteiger partial charge in [0, 0.05) is 37.9 Å². The Kier molecular flexibility index (Phi) is 7.47. The van der Waals surface area contributed by atoms with Crippen LogP contribution in [-0.2, 0) is 16.0 Å². The molecule has 5 nitrogen and oxygen atoms in total. The van der Waals surface area contributed by atoms with Crippen LogP contribution in [0.2, 0.25) is 0 Å². The Labute approximate surface area is 186 Å². The summed E-state index contributed by atoms with van der Waals surface area (Å²) in [5.74, 6) is 0.661. The van der Waals surface area contributed by atoms with E-state index in [0.29, 0.717) is 44.7 Å². The van der Waals surface area contributed by atoms with Gasteiger partial charge in [0.05, 0.1) is 5.41 Å². The first-order valence-corrected chi connectivity index (χ1v) is 11.4. The SMILES string of the molecule is CC(C)CC(=O)N1CCC(Cc2ccc(-c3ccncc3)cc2)(C(=O)NC(C)C)CC1. The summed E-state index contributed by atoms with van der Waals surface area (Å²) < 4.78 is 0. The van der Waals surface area contributed by atoms with Gasteiger partial charge in [-0.2, -0.15) is 0 Å². The number of likely N-dealkylation sites (tertiary alicyclic amines) is 1. The first-order valence-electron chi connectivity index (χ1n) is 11.4. The predicted octanol–water partition coefficient (Wildman–Crippen LogP) is 4.47. The van der Waals surface area contributed by atoms with Crippen molar-refractivity contribution in [1.29, 1.82) is 0 Å². The highest BCUT2D eigenvalue weighted by molar-refractivity contribution is 5.84. The Bertz CT molecular complexity index is 867. The minimum atomic E-state index is -0.475. The molecule has 2 amide bonds. The van der Waals surface area contributed by atoms with E-state index < -0.39 is 5.41 Å². The number of hydrogen-bond acceptors (Lipinski definition) is 3. The van der Waals surface area contributed by atoms with E-state index in [0.717, 1.165) is 16.7 Å². The van der Waals surface area contributed by atoms with Crippen molar-refractivity contribution in [2.75, 3.05) is 13.1 Å². The fraction of sp³-hybridized carbons (Fsp3) is 0.500. The highest BCUT2D eigenvalue weighted by Crippen LogP contribution is 2.36. The maximum Gasteiger partial charge on any atom is 0.226 e. The zero-order chi connectivity index (χ0) is 22.4. The molecule has 5 heteroatoms. The molecule has 31 heavy (non-hydrogen) atoms. The van der Waals surface area contributed by atoms with Crippen LogP contribution in [0.1, 0.15) is 52.5 Å². The van der Waals surface area contributed by atoms with Gasteiger partial charge >= 0.3 is 0 Å². The summed E-state index contributed by atoms with van der Waals surface area (Å²) in [5, 5.41) is 3.14. The second-order valence-electron chi connectivity index (χ2n) is 9.50. The number of rotatable bonds is 7. The van der Waals surface area contributed by atoms with E-state index in [9.17, 15) is 9.59 Å². The number of nitrogens with zero attached hydrogens (tertiary/aromatic N) is 2. The van der Waals surface area contributed by atoms with Gasteiger partial charge in [0.1, 0.15) is 0 Å². The van der Waals surface area contributed by atoms with E-state index in [1.165, 1.54) is 0 Å². The molecule has 1 saturated heterocycles. The van der Waals surface area contributed by atoms with Gasteiger partial charge in [0.25, 0.3) is 0 Å². The van der Waals surface area contributed by atoms with Gasteiger partial charge in [-0.25, -0.2) is 0 Å². The van der Waals surface area contributed by atoms with Crippen LogP contribution in [0.15, 0.2) is 48.8 Å². The van der Waals surface area contributed by atoms with E-state index in [2.05, 4.69) is 48.4 Å². The molecule has 1 aromatic heterocycles. The van der Waals surface area contributed by atoms with Crippen LogP contribution < -0.4 is 5.32 Å². The second kappa shape index (κ2) is 10.1. The smallest absolute Gasteiger partial charge is 0.226 e. The largest absolute Gasteiger partial charge is 0.353 e. The molecule has 0 spiro atoms. The number of hydrogen-bond donors (Lipinski definition) is 1. The molecule has 1 aliphatic heterocycles. The zero-order valence-electron chi connectivity index (χ0n) is 19.2. The quantitative estimate of drug-likeness (QED) is 0.717. The monoisotopic (exact) mass is 421 g/mol. The molecule has 0 radical (unpaired) electrons. The number of carbonyl (C=O) groups is 2. The van der Waals surface area contributed by atoms with Crippen molar-refractivity contribution in [2.45, 2.75) is 59.4 Å². The average Bonchev–Trinajstić information content (AvgIpc) is 2.74. The van der Waals surface area contributed by atoms with Crippen LogP contribution in [0.25, 0.3) is 11.1 Å². The molecule has 1 fully saturated rings. The molecule has 1 aliphatic rings. The molecule has 0 aliphatic carbocycles. The Morgan fingerprint density at radius 3 is 2.10 bits per heavy atom. The Morgan fingerprint density at radius 2 is 1.55 bits per heavy atom. The summed E-state index contributed by atoms with van der Waals surface area (Å²) in [5.41, 5.74) is 2.95. The summed E-state index contributed by atoms with van der Waals surface area (Å²) in [6.45, 7) is 9.42. The van der Waals surface area contributed by atoms with Gasteiger partial charge in [0.2, 0.25) is 11.8 Å². The van der Waals surface area contributed by atoms with Crippen LogP contribution >= 0.6 is 0 Å². The summed E-state index contributed by atoms with van der Waals surface area (Å²) in [7, 11) is 0. The lowest BCUT2D eigenvalue weighted by Gasteiger charge is -2.41. The summed E-state index contributed by atoms with van der Waals surface area (Å²) in [6, 6.07) is 12.6. The van der Waals surface area contributed by atoms with Gasteiger partial charge < -0.3 is 10.2 Å². The van der Waals surface area contributed by atoms with E-state index >= 15 is 0 Å². The number of amides is 2. The lowest BCUT2D eigenvalue weighted by Crippen LogP contribution is -2.52. The second-order valence-corrected chi connectivity index (χ2v) is 9.50. The van der Waals surface area contributed by atoms with Crippen LogP contribution in [0.5, 0.6) is 0 Å². The minimum absolute atomic E-state index is 0.0963. The molecule has 3 rings (SSSR count). The number of nitrogens with one attached hydrogen (secondary N) is 1. The normalized spacial score (nSPS) is 15.9.